The number of carboxylic acids is 1. The minimum atomic E-state index is -1.06. The van der Waals surface area contributed by atoms with Gasteiger partial charge in [0, 0.05) is 26.6 Å². The Balaban J connectivity index is 1.67. The van der Waals surface area contributed by atoms with Gasteiger partial charge in [-0.05, 0) is 30.4 Å². The van der Waals surface area contributed by atoms with Crippen LogP contribution in [0.3, 0.4) is 0 Å². The summed E-state index contributed by atoms with van der Waals surface area (Å²) in [4.78, 5) is 38.8. The molecule has 1 aliphatic carbocycles. The molecule has 2 amide bonds. The number of nitrogens with zero attached hydrogens (tertiary/aromatic N) is 2. The molecule has 1 N–H and O–H groups in total. The largest absolute Gasteiger partial charge is 0.480 e. The highest BCUT2D eigenvalue weighted by atomic mass is 16.5. The lowest BCUT2D eigenvalue weighted by Crippen LogP contribution is -2.52. The van der Waals surface area contributed by atoms with Crippen molar-refractivity contribution in [3.8, 4) is 0 Å². The molecule has 0 aromatic heterocycles. The molecule has 1 aliphatic heterocycles. The quantitative estimate of drug-likeness (QED) is 0.839. The van der Waals surface area contributed by atoms with Crippen LogP contribution in [0.1, 0.15) is 36.8 Å². The Kier molecular flexibility index (Phi) is 6.11. The predicted octanol–water partition coefficient (Wildman–Crippen LogP) is 1.27. The molecule has 0 radical (unpaired) electrons. The van der Waals surface area contributed by atoms with E-state index in [2.05, 4.69) is 6.07 Å². The van der Waals surface area contributed by atoms with Crippen LogP contribution in [0.2, 0.25) is 0 Å². The summed E-state index contributed by atoms with van der Waals surface area (Å²) < 4.78 is 5.70. The molecular formula is C20H26N2O5. The molecule has 3 rings (SSSR count). The Morgan fingerprint density at radius 3 is 2.81 bits per heavy atom. The smallest absolute Gasteiger partial charge is 0.323 e. The van der Waals surface area contributed by atoms with Crippen LogP contribution >= 0.6 is 0 Å². The van der Waals surface area contributed by atoms with Gasteiger partial charge in [0.1, 0.15) is 6.54 Å². The molecule has 2 atom stereocenters. The number of aliphatic carboxylic acids is 1. The van der Waals surface area contributed by atoms with Gasteiger partial charge in [-0.15, -0.1) is 0 Å². The average Bonchev–Trinajstić information content (AvgIpc) is 2.66. The van der Waals surface area contributed by atoms with Crippen molar-refractivity contribution in [1.82, 2.24) is 9.80 Å². The maximum absolute atomic E-state index is 13.2. The van der Waals surface area contributed by atoms with Crippen LogP contribution < -0.4 is 0 Å². The van der Waals surface area contributed by atoms with E-state index < -0.39 is 5.97 Å². The third-order valence-electron chi connectivity index (χ3n) is 5.31. The van der Waals surface area contributed by atoms with Crippen LogP contribution in [0.15, 0.2) is 24.3 Å². The molecular weight excluding hydrogens is 348 g/mol. The molecule has 2 unspecified atom stereocenters. The van der Waals surface area contributed by atoms with E-state index in [0.29, 0.717) is 19.7 Å². The van der Waals surface area contributed by atoms with E-state index >= 15 is 0 Å². The molecule has 1 saturated heterocycles. The summed E-state index contributed by atoms with van der Waals surface area (Å²) in [6.07, 6.45) is 2.48. The van der Waals surface area contributed by atoms with Crippen LogP contribution in [0.4, 0.5) is 0 Å². The minimum Gasteiger partial charge on any atom is -0.480 e. The van der Waals surface area contributed by atoms with E-state index in [9.17, 15) is 14.4 Å². The number of hydrogen-bond acceptors (Lipinski definition) is 4. The Morgan fingerprint density at radius 1 is 1.30 bits per heavy atom. The normalized spacial score (nSPS) is 22.0. The third-order valence-corrected chi connectivity index (χ3v) is 5.31. The standard InChI is InChI=1S/C20H26N2O5/c1-14(23)22(13-19(24)25)12-16-11-21(9-10-27-16)20(26)18-8-4-6-15-5-2-3-7-17(15)18/h2-3,5,7,16,18H,4,6,8-13H2,1H3,(H,24,25). The Hall–Kier alpha value is -2.41. The minimum absolute atomic E-state index is 0.100. The van der Waals surface area contributed by atoms with Crippen molar-refractivity contribution in [2.45, 2.75) is 38.2 Å². The monoisotopic (exact) mass is 374 g/mol. The van der Waals surface area contributed by atoms with Gasteiger partial charge in [0.2, 0.25) is 11.8 Å². The molecule has 0 spiro atoms. The number of rotatable bonds is 5. The lowest BCUT2D eigenvalue weighted by Gasteiger charge is -2.37. The second-order valence-corrected chi connectivity index (χ2v) is 7.21. The van der Waals surface area contributed by atoms with E-state index in [1.807, 2.05) is 18.2 Å². The number of morpholine rings is 1. The number of hydrogen-bond donors (Lipinski definition) is 1. The number of carbonyl (C=O) groups excluding carboxylic acids is 2. The number of ether oxygens (including phenoxy) is 1. The van der Waals surface area contributed by atoms with Gasteiger partial charge in [0.15, 0.2) is 0 Å². The highest BCUT2D eigenvalue weighted by molar-refractivity contribution is 5.84. The van der Waals surface area contributed by atoms with E-state index in [0.717, 1.165) is 24.8 Å². The van der Waals surface area contributed by atoms with E-state index in [-0.39, 0.29) is 36.9 Å². The highest BCUT2D eigenvalue weighted by Gasteiger charge is 2.33. The van der Waals surface area contributed by atoms with Crippen molar-refractivity contribution in [3.63, 3.8) is 0 Å². The first-order valence-corrected chi connectivity index (χ1v) is 9.41. The highest BCUT2D eigenvalue weighted by Crippen LogP contribution is 2.33. The van der Waals surface area contributed by atoms with E-state index in [4.69, 9.17) is 9.84 Å². The van der Waals surface area contributed by atoms with Gasteiger partial charge in [-0.3, -0.25) is 14.4 Å². The van der Waals surface area contributed by atoms with Crippen LogP contribution in [0.25, 0.3) is 0 Å². The Bertz CT molecular complexity index is 720. The molecule has 0 bridgehead atoms. The van der Waals surface area contributed by atoms with Crippen LogP contribution in [-0.2, 0) is 25.5 Å². The molecule has 1 aromatic carbocycles. The first kappa shape index (κ1) is 19.4. The SMILES string of the molecule is CC(=O)N(CC(=O)O)CC1CN(C(=O)C2CCCc3ccccc32)CCO1. The third kappa shape index (κ3) is 4.66. The molecule has 1 heterocycles. The maximum atomic E-state index is 13.2. The van der Waals surface area contributed by atoms with Crippen molar-refractivity contribution < 1.29 is 24.2 Å². The van der Waals surface area contributed by atoms with Crippen molar-refractivity contribution in [2.75, 3.05) is 32.8 Å². The Labute approximate surface area is 158 Å². The summed E-state index contributed by atoms with van der Waals surface area (Å²) in [5.41, 5.74) is 2.36. The number of carboxylic acid groups (broad SMARTS) is 1. The first-order valence-electron chi connectivity index (χ1n) is 9.41. The molecule has 1 aromatic rings. The van der Waals surface area contributed by atoms with Crippen molar-refractivity contribution in [2.24, 2.45) is 0 Å². The molecule has 7 nitrogen and oxygen atoms in total. The van der Waals surface area contributed by atoms with Crippen LogP contribution in [-0.4, -0.2) is 71.6 Å². The van der Waals surface area contributed by atoms with Crippen molar-refractivity contribution in [1.29, 1.82) is 0 Å². The van der Waals surface area contributed by atoms with E-state index in [1.54, 1.807) is 4.90 Å². The van der Waals surface area contributed by atoms with Gasteiger partial charge < -0.3 is 19.6 Å². The molecule has 1 fully saturated rings. The number of aryl methyl sites for hydroxylation is 1. The van der Waals surface area contributed by atoms with Crippen molar-refractivity contribution >= 4 is 17.8 Å². The molecule has 7 heteroatoms. The van der Waals surface area contributed by atoms with Gasteiger partial charge in [0.05, 0.1) is 18.6 Å². The number of benzene rings is 1. The van der Waals surface area contributed by atoms with Crippen LogP contribution in [0.5, 0.6) is 0 Å². The topological polar surface area (TPSA) is 87.2 Å². The number of fused-ring (bicyclic) bond motifs is 1. The van der Waals surface area contributed by atoms with E-state index in [1.165, 1.54) is 17.4 Å². The van der Waals surface area contributed by atoms with Gasteiger partial charge in [-0.2, -0.15) is 0 Å². The fourth-order valence-electron chi connectivity index (χ4n) is 3.97. The number of amides is 2. The zero-order valence-corrected chi connectivity index (χ0v) is 15.6. The van der Waals surface area contributed by atoms with Gasteiger partial charge >= 0.3 is 5.97 Å². The summed E-state index contributed by atoms with van der Waals surface area (Å²) in [6.45, 7) is 2.44. The maximum Gasteiger partial charge on any atom is 0.323 e. The summed E-state index contributed by atoms with van der Waals surface area (Å²) >= 11 is 0. The lowest BCUT2D eigenvalue weighted by molar-refractivity contribution is -0.148. The second kappa shape index (κ2) is 8.52. The fraction of sp³-hybridized carbons (Fsp3) is 0.550. The van der Waals surface area contributed by atoms with Gasteiger partial charge in [-0.1, -0.05) is 24.3 Å². The molecule has 2 aliphatic rings. The first-order chi connectivity index (χ1) is 13.0. The molecule has 146 valence electrons. The van der Waals surface area contributed by atoms with Gasteiger partial charge in [0.25, 0.3) is 0 Å². The number of carbonyl (C=O) groups is 3. The van der Waals surface area contributed by atoms with Gasteiger partial charge in [-0.25, -0.2) is 0 Å². The molecule has 0 saturated carbocycles. The summed E-state index contributed by atoms with van der Waals surface area (Å²) in [5, 5.41) is 8.97. The van der Waals surface area contributed by atoms with Crippen molar-refractivity contribution in [3.05, 3.63) is 35.4 Å². The zero-order valence-electron chi connectivity index (χ0n) is 15.6. The second-order valence-electron chi connectivity index (χ2n) is 7.21. The summed E-state index contributed by atoms with van der Waals surface area (Å²) in [5.74, 6) is -1.40. The molecule has 27 heavy (non-hydrogen) atoms. The lowest BCUT2D eigenvalue weighted by atomic mass is 9.82. The summed E-state index contributed by atoms with van der Waals surface area (Å²) in [6, 6.07) is 8.12. The average molecular weight is 374 g/mol. The Morgan fingerprint density at radius 2 is 2.07 bits per heavy atom. The predicted molar refractivity (Wildman–Crippen MR) is 98.3 cm³/mol. The van der Waals surface area contributed by atoms with Crippen LogP contribution in [0, 0.1) is 0 Å². The zero-order chi connectivity index (χ0) is 19.4. The summed E-state index contributed by atoms with van der Waals surface area (Å²) in [7, 11) is 0. The fourth-order valence-corrected chi connectivity index (χ4v) is 3.97.